The van der Waals surface area contributed by atoms with E-state index in [1.54, 1.807) is 6.92 Å². The number of carboxylic acid groups (broad SMARTS) is 1. The van der Waals surface area contributed by atoms with Crippen molar-refractivity contribution in [2.24, 2.45) is 5.14 Å². The van der Waals surface area contributed by atoms with Gasteiger partial charge in [0, 0.05) is 18.7 Å². The first-order valence-electron chi connectivity index (χ1n) is 14.5. The SMILES string of the molecule is CCOC(=O)[C@H](CCc1ccccc1)N[C@@H](CCCCNC(=O)c1ccc(Cl)c(S(N)(=O)=O)c1)C(=O)N1CCC[C@H]1C(=O)O. The van der Waals surface area contributed by atoms with Gasteiger partial charge in [0.05, 0.1) is 17.7 Å². The smallest absolute Gasteiger partial charge is 0.326 e. The molecule has 2 aromatic rings. The lowest BCUT2D eigenvalue weighted by atomic mass is 10.0. The van der Waals surface area contributed by atoms with Gasteiger partial charge in [-0.15, -0.1) is 0 Å². The topological polar surface area (TPSA) is 185 Å². The van der Waals surface area contributed by atoms with E-state index in [-0.39, 0.29) is 35.1 Å². The summed E-state index contributed by atoms with van der Waals surface area (Å²) in [6, 6.07) is 10.8. The van der Waals surface area contributed by atoms with Gasteiger partial charge in [0.15, 0.2) is 0 Å². The summed E-state index contributed by atoms with van der Waals surface area (Å²) in [4.78, 5) is 52.0. The van der Waals surface area contributed by atoms with Crippen LogP contribution >= 0.6 is 11.6 Å². The number of aryl methyl sites for hydroxylation is 1. The number of esters is 1. The largest absolute Gasteiger partial charge is 0.480 e. The van der Waals surface area contributed by atoms with Crippen molar-refractivity contribution in [1.29, 1.82) is 0 Å². The van der Waals surface area contributed by atoms with Crippen molar-refractivity contribution in [3.8, 4) is 0 Å². The quantitative estimate of drug-likeness (QED) is 0.156. The number of nitrogens with zero attached hydrogens (tertiary/aromatic N) is 1. The Balaban J connectivity index is 1.67. The van der Waals surface area contributed by atoms with Crippen LogP contribution in [0.2, 0.25) is 5.02 Å². The third-order valence-corrected chi connectivity index (χ3v) is 8.75. The fraction of sp³-hybridized carbons (Fsp3) is 0.467. The number of nitrogens with one attached hydrogen (secondary N) is 2. The first kappa shape index (κ1) is 35.0. The molecule has 240 valence electrons. The van der Waals surface area contributed by atoms with E-state index in [1.165, 1.54) is 17.0 Å². The highest BCUT2D eigenvalue weighted by Gasteiger charge is 2.38. The summed E-state index contributed by atoms with van der Waals surface area (Å²) in [5, 5.41) is 20.6. The van der Waals surface area contributed by atoms with Crippen LogP contribution in [0.4, 0.5) is 0 Å². The van der Waals surface area contributed by atoms with E-state index < -0.39 is 51.9 Å². The molecule has 0 aliphatic carbocycles. The molecule has 0 radical (unpaired) electrons. The Labute approximate surface area is 262 Å². The molecule has 2 aromatic carbocycles. The molecule has 0 aromatic heterocycles. The third-order valence-electron chi connectivity index (χ3n) is 7.36. The van der Waals surface area contributed by atoms with Gasteiger partial charge in [0.25, 0.3) is 5.91 Å². The Bertz CT molecular complexity index is 1420. The molecule has 1 heterocycles. The number of hydrogen-bond acceptors (Lipinski definition) is 8. The van der Waals surface area contributed by atoms with Gasteiger partial charge in [0.1, 0.15) is 17.0 Å². The summed E-state index contributed by atoms with van der Waals surface area (Å²) in [6.45, 7) is 2.38. The average Bonchev–Trinajstić information content (AvgIpc) is 3.48. The number of likely N-dealkylation sites (tertiary alicyclic amines) is 1. The van der Waals surface area contributed by atoms with Gasteiger partial charge in [-0.3, -0.25) is 19.7 Å². The number of ether oxygens (including phenoxy) is 1. The van der Waals surface area contributed by atoms with Crippen molar-refractivity contribution < 1.29 is 37.4 Å². The van der Waals surface area contributed by atoms with E-state index in [9.17, 15) is 32.7 Å². The highest BCUT2D eigenvalue weighted by molar-refractivity contribution is 7.89. The van der Waals surface area contributed by atoms with E-state index in [0.29, 0.717) is 45.1 Å². The van der Waals surface area contributed by atoms with E-state index >= 15 is 0 Å². The number of benzene rings is 2. The van der Waals surface area contributed by atoms with Crippen LogP contribution in [-0.4, -0.2) is 80.0 Å². The second-order valence-electron chi connectivity index (χ2n) is 10.5. The second kappa shape index (κ2) is 16.5. The van der Waals surface area contributed by atoms with Gasteiger partial charge in [-0.2, -0.15) is 0 Å². The molecule has 14 heteroatoms. The zero-order chi connectivity index (χ0) is 32.3. The maximum Gasteiger partial charge on any atom is 0.326 e. The van der Waals surface area contributed by atoms with Crippen LogP contribution in [0.25, 0.3) is 0 Å². The second-order valence-corrected chi connectivity index (χ2v) is 12.5. The molecular formula is C30H39ClN4O8S. The summed E-state index contributed by atoms with van der Waals surface area (Å²) in [7, 11) is -4.12. The molecule has 3 rings (SSSR count). The van der Waals surface area contributed by atoms with Crippen molar-refractivity contribution >= 4 is 45.4 Å². The van der Waals surface area contributed by atoms with Gasteiger partial charge < -0.3 is 20.1 Å². The molecule has 3 atom stereocenters. The van der Waals surface area contributed by atoms with Crippen molar-refractivity contribution in [1.82, 2.24) is 15.5 Å². The predicted molar refractivity (Wildman–Crippen MR) is 163 cm³/mol. The van der Waals surface area contributed by atoms with Gasteiger partial charge in [-0.1, -0.05) is 41.9 Å². The molecule has 1 saturated heterocycles. The van der Waals surface area contributed by atoms with E-state index in [1.807, 2.05) is 30.3 Å². The molecule has 2 amide bonds. The molecule has 0 unspecified atom stereocenters. The van der Waals surface area contributed by atoms with Crippen LogP contribution < -0.4 is 15.8 Å². The maximum absolute atomic E-state index is 13.7. The van der Waals surface area contributed by atoms with E-state index in [0.717, 1.165) is 11.6 Å². The first-order chi connectivity index (χ1) is 20.9. The average molecular weight is 651 g/mol. The number of halogens is 1. The number of carbonyl (C=O) groups is 4. The summed E-state index contributed by atoms with van der Waals surface area (Å²) in [5.41, 5.74) is 1.09. The number of sulfonamides is 1. The lowest BCUT2D eigenvalue weighted by molar-refractivity contribution is -0.150. The zero-order valence-corrected chi connectivity index (χ0v) is 26.1. The molecule has 1 aliphatic heterocycles. The number of primary sulfonamides is 1. The fourth-order valence-corrected chi connectivity index (χ4v) is 6.19. The maximum atomic E-state index is 13.7. The van der Waals surface area contributed by atoms with Gasteiger partial charge in [0.2, 0.25) is 15.9 Å². The Kier molecular flexibility index (Phi) is 13.1. The van der Waals surface area contributed by atoms with Crippen LogP contribution in [0, 0.1) is 0 Å². The highest BCUT2D eigenvalue weighted by Crippen LogP contribution is 2.22. The van der Waals surface area contributed by atoms with E-state index in [2.05, 4.69) is 10.6 Å². The molecular weight excluding hydrogens is 612 g/mol. The first-order valence-corrected chi connectivity index (χ1v) is 16.4. The molecule has 1 aliphatic rings. The minimum Gasteiger partial charge on any atom is -0.480 e. The number of carboxylic acids is 1. The number of carbonyl (C=O) groups excluding carboxylic acids is 3. The zero-order valence-electron chi connectivity index (χ0n) is 24.5. The third kappa shape index (κ3) is 10.0. The molecule has 0 bridgehead atoms. The molecule has 12 nitrogen and oxygen atoms in total. The van der Waals surface area contributed by atoms with Crippen molar-refractivity contribution in [3.63, 3.8) is 0 Å². The van der Waals surface area contributed by atoms with Gasteiger partial charge in [-0.25, -0.2) is 18.4 Å². The standard InChI is InChI=1S/C30H39ClN4O8S/c1-2-43-30(40)24(16-13-20-9-4-3-5-10-20)34-23(28(37)35-18-8-12-25(35)29(38)39)11-6-7-17-33-27(36)21-14-15-22(31)26(19-21)44(32,41)42/h3-5,9-10,14-15,19,23-25,34H,2,6-8,11-13,16-18H2,1H3,(H,33,36)(H,38,39)(H2,32,41,42)/t23-,24-,25-/m0/s1. The number of nitrogens with two attached hydrogens (primary N) is 1. The number of unbranched alkanes of at least 4 members (excludes halogenated alkanes) is 1. The summed E-state index contributed by atoms with van der Waals surface area (Å²) in [6.07, 6.45) is 3.02. The van der Waals surface area contributed by atoms with Crippen LogP contribution in [-0.2, 0) is 35.6 Å². The Morgan fingerprint density at radius 1 is 1.09 bits per heavy atom. The molecule has 1 fully saturated rings. The van der Waals surface area contributed by atoms with Crippen molar-refractivity contribution in [2.45, 2.75) is 74.9 Å². The van der Waals surface area contributed by atoms with Crippen LogP contribution in [0.1, 0.15) is 61.4 Å². The Morgan fingerprint density at radius 2 is 1.82 bits per heavy atom. The molecule has 0 saturated carbocycles. The summed E-state index contributed by atoms with van der Waals surface area (Å²) < 4.78 is 28.7. The minimum atomic E-state index is -4.12. The lowest BCUT2D eigenvalue weighted by Gasteiger charge is -2.30. The van der Waals surface area contributed by atoms with Crippen molar-refractivity contribution in [3.05, 3.63) is 64.7 Å². The predicted octanol–water partition coefficient (Wildman–Crippen LogP) is 2.49. The normalized spacial score (nSPS) is 16.2. The van der Waals surface area contributed by atoms with Crippen molar-refractivity contribution in [2.75, 3.05) is 19.7 Å². The van der Waals surface area contributed by atoms with Crippen LogP contribution in [0.15, 0.2) is 53.4 Å². The van der Waals surface area contributed by atoms with E-state index in [4.69, 9.17) is 21.5 Å². The minimum absolute atomic E-state index is 0.0672. The lowest BCUT2D eigenvalue weighted by Crippen LogP contribution is -2.54. The summed E-state index contributed by atoms with van der Waals surface area (Å²) >= 11 is 5.89. The van der Waals surface area contributed by atoms with Crippen LogP contribution in [0.3, 0.4) is 0 Å². The van der Waals surface area contributed by atoms with Gasteiger partial charge >= 0.3 is 11.9 Å². The summed E-state index contributed by atoms with van der Waals surface area (Å²) in [5.74, 6) is -2.49. The van der Waals surface area contributed by atoms with Gasteiger partial charge in [-0.05, 0) is 75.6 Å². The van der Waals surface area contributed by atoms with Crippen LogP contribution in [0.5, 0.6) is 0 Å². The number of amides is 2. The monoisotopic (exact) mass is 650 g/mol. The number of rotatable bonds is 16. The fourth-order valence-electron chi connectivity index (χ4n) is 5.12. The Morgan fingerprint density at radius 3 is 2.48 bits per heavy atom. The molecule has 5 N–H and O–H groups in total. The highest BCUT2D eigenvalue weighted by atomic mass is 35.5. The Hall–Kier alpha value is -3.52. The number of hydrogen-bond donors (Lipinski definition) is 4. The molecule has 0 spiro atoms. The number of aliphatic carboxylic acids is 1. The molecule has 44 heavy (non-hydrogen) atoms.